The van der Waals surface area contributed by atoms with E-state index in [9.17, 15) is 4.79 Å². The molecule has 2 fully saturated rings. The first-order valence-electron chi connectivity index (χ1n) is 10.4. The Balaban J connectivity index is 1.34. The van der Waals surface area contributed by atoms with Crippen molar-refractivity contribution in [2.45, 2.75) is 25.3 Å². The Hall–Kier alpha value is -2.22. The van der Waals surface area contributed by atoms with Crippen molar-refractivity contribution in [2.24, 2.45) is 5.92 Å². The molecule has 1 unspecified atom stereocenters. The van der Waals surface area contributed by atoms with Crippen LogP contribution in [0.4, 0.5) is 5.95 Å². The second kappa shape index (κ2) is 9.73. The second-order valence-corrected chi connectivity index (χ2v) is 8.27. The zero-order valence-corrected chi connectivity index (χ0v) is 17.9. The Kier molecular flexibility index (Phi) is 6.82. The van der Waals surface area contributed by atoms with Crippen molar-refractivity contribution < 1.29 is 14.3 Å². The van der Waals surface area contributed by atoms with Crippen LogP contribution in [0.2, 0.25) is 5.02 Å². The largest absolute Gasteiger partial charge is 0.496 e. The van der Waals surface area contributed by atoms with Crippen molar-refractivity contribution in [2.75, 3.05) is 45.3 Å². The van der Waals surface area contributed by atoms with Crippen molar-refractivity contribution >= 4 is 23.3 Å². The van der Waals surface area contributed by atoms with Gasteiger partial charge in [-0.3, -0.25) is 9.69 Å². The smallest absolute Gasteiger partial charge is 0.223 e. The second-order valence-electron chi connectivity index (χ2n) is 7.83. The third-order valence-electron chi connectivity index (χ3n) is 5.78. The van der Waals surface area contributed by atoms with Gasteiger partial charge in [0.05, 0.1) is 26.0 Å². The molecule has 2 aromatic rings. The number of nitrogens with zero attached hydrogens (tertiary/aromatic N) is 3. The summed E-state index contributed by atoms with van der Waals surface area (Å²) in [4.78, 5) is 23.6. The van der Waals surface area contributed by atoms with E-state index in [1.54, 1.807) is 19.4 Å². The number of hydrogen-bond donors (Lipinski definition) is 1. The van der Waals surface area contributed by atoms with Gasteiger partial charge < -0.3 is 14.8 Å². The van der Waals surface area contributed by atoms with Crippen LogP contribution in [0.3, 0.4) is 0 Å². The molecule has 160 valence electrons. The van der Waals surface area contributed by atoms with E-state index < -0.39 is 0 Å². The first kappa shape index (κ1) is 21.0. The molecule has 0 bridgehead atoms. The van der Waals surface area contributed by atoms with Crippen LogP contribution in [0.25, 0.3) is 11.3 Å². The number of piperidine rings is 1. The van der Waals surface area contributed by atoms with Crippen LogP contribution in [-0.4, -0.2) is 66.7 Å². The van der Waals surface area contributed by atoms with E-state index >= 15 is 0 Å². The lowest BCUT2D eigenvalue weighted by atomic mass is 10.0. The first-order valence-corrected chi connectivity index (χ1v) is 10.8. The maximum atomic E-state index is 12.4. The number of carbonyl (C=O) groups excluding carboxylic acids is 1. The van der Waals surface area contributed by atoms with Gasteiger partial charge in [0.15, 0.2) is 5.78 Å². The summed E-state index contributed by atoms with van der Waals surface area (Å²) in [6.07, 6.45) is 4.50. The fraction of sp³-hybridized carbons (Fsp3) is 0.500. The van der Waals surface area contributed by atoms with E-state index in [-0.39, 0.29) is 12.0 Å². The SMILES string of the molecule is COc1ccc(Cl)cc1-c1ccnc(NC2CCN(CC(=O)C3CCOC3)CC2)n1. The molecule has 0 spiro atoms. The summed E-state index contributed by atoms with van der Waals surface area (Å²) in [5.41, 5.74) is 1.59. The number of carbonyl (C=O) groups is 1. The number of ether oxygens (including phenoxy) is 2. The fourth-order valence-electron chi connectivity index (χ4n) is 4.01. The molecule has 0 amide bonds. The molecule has 1 N–H and O–H groups in total. The Morgan fingerprint density at radius 1 is 1.30 bits per heavy atom. The number of hydrogen-bond acceptors (Lipinski definition) is 7. The fourth-order valence-corrected chi connectivity index (χ4v) is 4.19. The number of nitrogens with one attached hydrogen (secondary N) is 1. The number of halogens is 1. The minimum atomic E-state index is 0.0838. The molecule has 2 aliphatic rings. The van der Waals surface area contributed by atoms with E-state index in [0.29, 0.717) is 36.5 Å². The summed E-state index contributed by atoms with van der Waals surface area (Å²) in [5.74, 6) is 1.70. The molecule has 8 heteroatoms. The minimum Gasteiger partial charge on any atom is -0.496 e. The van der Waals surface area contributed by atoms with Crippen molar-refractivity contribution in [3.63, 3.8) is 0 Å². The van der Waals surface area contributed by atoms with E-state index in [2.05, 4.69) is 20.2 Å². The molecule has 1 atom stereocenters. The average molecular weight is 431 g/mol. The van der Waals surface area contributed by atoms with Gasteiger partial charge >= 0.3 is 0 Å². The van der Waals surface area contributed by atoms with E-state index in [4.69, 9.17) is 21.1 Å². The van der Waals surface area contributed by atoms with Crippen LogP contribution < -0.4 is 10.1 Å². The highest BCUT2D eigenvalue weighted by atomic mass is 35.5. The van der Waals surface area contributed by atoms with E-state index in [1.165, 1.54) is 0 Å². The number of anilines is 1. The van der Waals surface area contributed by atoms with Crippen LogP contribution in [0.15, 0.2) is 30.5 Å². The van der Waals surface area contributed by atoms with Crippen molar-refractivity contribution in [1.82, 2.24) is 14.9 Å². The molecule has 1 aromatic heterocycles. The molecule has 7 nitrogen and oxygen atoms in total. The van der Waals surface area contributed by atoms with Gasteiger partial charge in [0, 0.05) is 48.4 Å². The molecule has 0 radical (unpaired) electrons. The van der Waals surface area contributed by atoms with Crippen LogP contribution in [-0.2, 0) is 9.53 Å². The van der Waals surface area contributed by atoms with Gasteiger partial charge in [0.25, 0.3) is 0 Å². The Morgan fingerprint density at radius 3 is 2.87 bits per heavy atom. The van der Waals surface area contributed by atoms with Gasteiger partial charge in [-0.1, -0.05) is 11.6 Å². The molecule has 1 aromatic carbocycles. The van der Waals surface area contributed by atoms with E-state index in [1.807, 2.05) is 18.2 Å². The van der Waals surface area contributed by atoms with Crippen LogP contribution >= 0.6 is 11.6 Å². The molecule has 0 saturated carbocycles. The molecule has 4 rings (SSSR count). The molecule has 2 saturated heterocycles. The van der Waals surface area contributed by atoms with Crippen molar-refractivity contribution in [1.29, 1.82) is 0 Å². The summed E-state index contributed by atoms with van der Waals surface area (Å²) < 4.78 is 10.8. The third-order valence-corrected chi connectivity index (χ3v) is 6.01. The highest BCUT2D eigenvalue weighted by Gasteiger charge is 2.27. The quantitative estimate of drug-likeness (QED) is 0.722. The van der Waals surface area contributed by atoms with Crippen molar-refractivity contribution in [3.8, 4) is 17.0 Å². The number of ketones is 1. The maximum Gasteiger partial charge on any atom is 0.223 e. The lowest BCUT2D eigenvalue weighted by Gasteiger charge is -2.32. The molecule has 30 heavy (non-hydrogen) atoms. The monoisotopic (exact) mass is 430 g/mol. The van der Waals surface area contributed by atoms with Gasteiger partial charge in [-0.2, -0.15) is 0 Å². The van der Waals surface area contributed by atoms with Crippen LogP contribution in [0.1, 0.15) is 19.3 Å². The molecular weight excluding hydrogens is 404 g/mol. The summed E-state index contributed by atoms with van der Waals surface area (Å²) in [6, 6.07) is 7.60. The molecule has 2 aliphatic heterocycles. The summed E-state index contributed by atoms with van der Waals surface area (Å²) in [7, 11) is 1.63. The number of rotatable bonds is 7. The number of likely N-dealkylation sites (tertiary alicyclic amines) is 1. The lowest BCUT2D eigenvalue weighted by Crippen LogP contribution is -2.42. The standard InChI is InChI=1S/C22H27ClN4O3/c1-29-21-3-2-16(23)12-18(21)19-4-8-24-22(26-19)25-17-5-9-27(10-6-17)13-20(28)15-7-11-30-14-15/h2-4,8,12,15,17H,5-7,9-11,13-14H2,1H3,(H,24,25,26). The average Bonchev–Trinajstić information content (AvgIpc) is 3.30. The normalized spacial score (nSPS) is 20.3. The summed E-state index contributed by atoms with van der Waals surface area (Å²) >= 11 is 6.16. The van der Waals surface area contributed by atoms with Gasteiger partial charge in [-0.05, 0) is 43.5 Å². The molecule has 3 heterocycles. The third kappa shape index (κ3) is 5.09. The van der Waals surface area contributed by atoms with Gasteiger partial charge in [-0.25, -0.2) is 9.97 Å². The highest BCUT2D eigenvalue weighted by molar-refractivity contribution is 6.30. The topological polar surface area (TPSA) is 76.6 Å². The Bertz CT molecular complexity index is 880. The Morgan fingerprint density at radius 2 is 2.13 bits per heavy atom. The first-order chi connectivity index (χ1) is 14.6. The minimum absolute atomic E-state index is 0.0838. The van der Waals surface area contributed by atoms with Gasteiger partial charge in [0.2, 0.25) is 5.95 Å². The number of Topliss-reactive ketones (excluding diaryl/α,β-unsaturated/α-hetero) is 1. The highest BCUT2D eigenvalue weighted by Crippen LogP contribution is 2.31. The number of benzene rings is 1. The predicted octanol–water partition coefficient (Wildman–Crippen LogP) is 3.29. The lowest BCUT2D eigenvalue weighted by molar-refractivity contribution is -0.124. The van der Waals surface area contributed by atoms with Gasteiger partial charge in [0.1, 0.15) is 5.75 Å². The number of methoxy groups -OCH3 is 1. The Labute approximate surface area is 181 Å². The molecular formula is C22H27ClN4O3. The zero-order valence-electron chi connectivity index (χ0n) is 17.1. The summed E-state index contributed by atoms with van der Waals surface area (Å²) in [5, 5.41) is 4.07. The van der Waals surface area contributed by atoms with Gasteiger partial charge in [-0.15, -0.1) is 0 Å². The number of aromatic nitrogens is 2. The predicted molar refractivity (Wildman–Crippen MR) is 116 cm³/mol. The maximum absolute atomic E-state index is 12.4. The van der Waals surface area contributed by atoms with Crippen LogP contribution in [0, 0.1) is 5.92 Å². The van der Waals surface area contributed by atoms with E-state index in [0.717, 1.165) is 49.4 Å². The zero-order chi connectivity index (χ0) is 20.9. The van der Waals surface area contributed by atoms with Crippen LogP contribution in [0.5, 0.6) is 5.75 Å². The summed E-state index contributed by atoms with van der Waals surface area (Å²) in [6.45, 7) is 3.60. The molecule has 0 aliphatic carbocycles. The van der Waals surface area contributed by atoms with Crippen molar-refractivity contribution in [3.05, 3.63) is 35.5 Å².